The first kappa shape index (κ1) is 13.7. The highest BCUT2D eigenvalue weighted by atomic mass is 32.1. The molecule has 0 bridgehead atoms. The van der Waals surface area contributed by atoms with E-state index in [4.69, 9.17) is 0 Å². The van der Waals surface area contributed by atoms with Crippen molar-refractivity contribution in [1.82, 2.24) is 10.6 Å². The first-order valence-corrected chi connectivity index (χ1v) is 8.82. The van der Waals surface area contributed by atoms with E-state index in [9.17, 15) is 9.59 Å². The van der Waals surface area contributed by atoms with Crippen LogP contribution >= 0.6 is 22.7 Å². The van der Waals surface area contributed by atoms with Gasteiger partial charge in [0.25, 0.3) is 5.91 Å². The van der Waals surface area contributed by atoms with E-state index in [0.717, 1.165) is 22.2 Å². The van der Waals surface area contributed by atoms with Gasteiger partial charge in [0, 0.05) is 20.8 Å². The van der Waals surface area contributed by atoms with Crippen LogP contribution in [0.3, 0.4) is 0 Å². The minimum Gasteiger partial charge on any atom is -0.352 e. The summed E-state index contributed by atoms with van der Waals surface area (Å²) in [6, 6.07) is 10.4. The number of carbonyl (C=O) groups is 2. The summed E-state index contributed by atoms with van der Waals surface area (Å²) in [6.07, 6.45) is 2.10. The third kappa shape index (κ3) is 2.60. The monoisotopic (exact) mass is 330 g/mol. The Morgan fingerprint density at radius 1 is 1.14 bits per heavy atom. The van der Waals surface area contributed by atoms with Crippen LogP contribution in [-0.2, 0) is 4.79 Å². The van der Waals surface area contributed by atoms with Crippen LogP contribution in [0.2, 0.25) is 0 Å². The zero-order chi connectivity index (χ0) is 15.1. The third-order valence-corrected chi connectivity index (χ3v) is 6.04. The Bertz CT molecular complexity index is 877. The molecule has 0 unspecified atom stereocenters. The van der Waals surface area contributed by atoms with E-state index >= 15 is 0 Å². The number of benzene rings is 1. The Morgan fingerprint density at radius 2 is 1.95 bits per heavy atom. The molecule has 3 aromatic rings. The zero-order valence-electron chi connectivity index (χ0n) is 11.7. The summed E-state index contributed by atoms with van der Waals surface area (Å²) in [5.74, 6) is -0.289. The topological polar surface area (TPSA) is 58.2 Å². The van der Waals surface area contributed by atoms with E-state index in [2.05, 4.69) is 22.8 Å². The number of amides is 2. The number of carbonyl (C=O) groups excluding carboxylic acids is 2. The molecule has 1 saturated carbocycles. The van der Waals surface area contributed by atoms with Crippen molar-refractivity contribution in [3.63, 3.8) is 0 Å². The summed E-state index contributed by atoms with van der Waals surface area (Å²) >= 11 is 3.18. The number of hydrogen-bond donors (Lipinski definition) is 2. The van der Waals surface area contributed by atoms with Crippen LogP contribution in [0.4, 0.5) is 0 Å². The number of rotatable bonds is 4. The van der Waals surface area contributed by atoms with Crippen LogP contribution in [0.15, 0.2) is 30.3 Å². The van der Waals surface area contributed by atoms with Crippen LogP contribution in [0, 0.1) is 0 Å². The van der Waals surface area contributed by atoms with Crippen LogP contribution < -0.4 is 10.6 Å². The van der Waals surface area contributed by atoms with Gasteiger partial charge in [-0.2, -0.15) is 0 Å². The van der Waals surface area contributed by atoms with Gasteiger partial charge in [-0.05, 0) is 25.0 Å². The molecule has 2 amide bonds. The van der Waals surface area contributed by atoms with E-state index in [1.54, 1.807) is 11.3 Å². The standard InChI is InChI=1S/C16H14N2O2S2/c19-14(18-9-5-6-9)8-17-16(20)13-7-12-15(22-13)10-3-1-2-4-11(10)21-12/h1-4,7,9H,5-6,8H2,(H,17,20)(H,18,19). The van der Waals surface area contributed by atoms with Gasteiger partial charge in [-0.1, -0.05) is 18.2 Å². The van der Waals surface area contributed by atoms with Gasteiger partial charge in [-0.3, -0.25) is 9.59 Å². The molecule has 1 aromatic carbocycles. The molecule has 0 saturated heterocycles. The molecule has 6 heteroatoms. The summed E-state index contributed by atoms with van der Waals surface area (Å²) in [5, 5.41) is 6.75. The first-order chi connectivity index (χ1) is 10.7. The quantitative estimate of drug-likeness (QED) is 0.772. The Balaban J connectivity index is 1.50. The highest BCUT2D eigenvalue weighted by Gasteiger charge is 2.23. The fourth-order valence-corrected chi connectivity index (χ4v) is 4.81. The lowest BCUT2D eigenvalue weighted by Gasteiger charge is -2.04. The average Bonchev–Trinajstić information content (AvgIpc) is 3.11. The molecule has 112 valence electrons. The smallest absolute Gasteiger partial charge is 0.261 e. The molecule has 22 heavy (non-hydrogen) atoms. The van der Waals surface area contributed by atoms with Crippen LogP contribution in [0.25, 0.3) is 19.5 Å². The fraction of sp³-hybridized carbons (Fsp3) is 0.250. The van der Waals surface area contributed by atoms with Crippen LogP contribution in [-0.4, -0.2) is 24.4 Å². The predicted molar refractivity (Wildman–Crippen MR) is 90.7 cm³/mol. The molecule has 0 aliphatic heterocycles. The van der Waals surface area contributed by atoms with E-state index in [-0.39, 0.29) is 18.4 Å². The molecule has 2 N–H and O–H groups in total. The lowest BCUT2D eigenvalue weighted by Crippen LogP contribution is -2.37. The summed E-state index contributed by atoms with van der Waals surface area (Å²) in [4.78, 5) is 24.4. The summed E-state index contributed by atoms with van der Waals surface area (Å²) in [5.41, 5.74) is 0. The number of hydrogen-bond acceptors (Lipinski definition) is 4. The third-order valence-electron chi connectivity index (χ3n) is 3.63. The largest absolute Gasteiger partial charge is 0.352 e. The van der Waals surface area contributed by atoms with E-state index in [1.807, 2.05) is 18.2 Å². The molecule has 1 fully saturated rings. The molecule has 2 heterocycles. The average molecular weight is 330 g/mol. The molecule has 4 rings (SSSR count). The van der Waals surface area contributed by atoms with Gasteiger partial charge in [0.2, 0.25) is 5.91 Å². The van der Waals surface area contributed by atoms with Crippen LogP contribution in [0.5, 0.6) is 0 Å². The summed E-state index contributed by atoms with van der Waals surface area (Å²) < 4.78 is 3.51. The van der Waals surface area contributed by atoms with Crippen molar-refractivity contribution >= 4 is 54.0 Å². The molecule has 0 atom stereocenters. The summed E-state index contributed by atoms with van der Waals surface area (Å²) in [6.45, 7) is 0.0433. The first-order valence-electron chi connectivity index (χ1n) is 7.19. The molecule has 1 aliphatic rings. The van der Waals surface area contributed by atoms with Crippen molar-refractivity contribution in [2.45, 2.75) is 18.9 Å². The van der Waals surface area contributed by atoms with Crippen molar-refractivity contribution in [2.75, 3.05) is 6.54 Å². The number of thiophene rings is 2. The predicted octanol–water partition coefficient (Wildman–Crippen LogP) is 3.12. The second-order valence-corrected chi connectivity index (χ2v) is 7.56. The Labute approximate surface area is 135 Å². The minimum absolute atomic E-state index is 0.0433. The second kappa shape index (κ2) is 5.37. The van der Waals surface area contributed by atoms with Gasteiger partial charge in [-0.15, -0.1) is 22.7 Å². The van der Waals surface area contributed by atoms with Gasteiger partial charge in [0.1, 0.15) is 0 Å². The van der Waals surface area contributed by atoms with Crippen molar-refractivity contribution in [2.24, 2.45) is 0 Å². The lowest BCUT2D eigenvalue weighted by atomic mass is 10.2. The van der Waals surface area contributed by atoms with Gasteiger partial charge in [-0.25, -0.2) is 0 Å². The number of nitrogens with one attached hydrogen (secondary N) is 2. The van der Waals surface area contributed by atoms with Gasteiger partial charge in [0.15, 0.2) is 0 Å². The SMILES string of the molecule is O=C(CNC(=O)c1cc2sc3ccccc3c2s1)NC1CC1. The maximum absolute atomic E-state index is 12.2. The molecule has 4 nitrogen and oxygen atoms in total. The van der Waals surface area contributed by atoms with E-state index < -0.39 is 0 Å². The molecular formula is C16H14N2O2S2. The Kier molecular flexibility index (Phi) is 3.35. The lowest BCUT2D eigenvalue weighted by molar-refractivity contribution is -0.120. The van der Waals surface area contributed by atoms with Gasteiger partial charge >= 0.3 is 0 Å². The highest BCUT2D eigenvalue weighted by molar-refractivity contribution is 7.33. The maximum Gasteiger partial charge on any atom is 0.261 e. The molecule has 1 aliphatic carbocycles. The van der Waals surface area contributed by atoms with Crippen molar-refractivity contribution in [3.05, 3.63) is 35.2 Å². The Morgan fingerprint density at radius 3 is 2.77 bits per heavy atom. The molecule has 0 spiro atoms. The van der Waals surface area contributed by atoms with Gasteiger partial charge in [0.05, 0.1) is 16.1 Å². The van der Waals surface area contributed by atoms with Crippen LogP contribution in [0.1, 0.15) is 22.5 Å². The van der Waals surface area contributed by atoms with Crippen molar-refractivity contribution in [1.29, 1.82) is 0 Å². The Hall–Kier alpha value is -1.92. The fourth-order valence-electron chi connectivity index (χ4n) is 2.37. The van der Waals surface area contributed by atoms with Crippen molar-refractivity contribution in [3.8, 4) is 0 Å². The normalized spacial score (nSPS) is 14.4. The molecular weight excluding hydrogens is 316 g/mol. The molecule has 0 radical (unpaired) electrons. The summed E-state index contributed by atoms with van der Waals surface area (Å²) in [7, 11) is 0. The zero-order valence-corrected chi connectivity index (χ0v) is 13.4. The maximum atomic E-state index is 12.2. The second-order valence-electron chi connectivity index (χ2n) is 5.43. The molecule has 2 aromatic heterocycles. The van der Waals surface area contributed by atoms with Crippen molar-refractivity contribution < 1.29 is 9.59 Å². The minimum atomic E-state index is -0.177. The highest BCUT2D eigenvalue weighted by Crippen LogP contribution is 2.39. The number of fused-ring (bicyclic) bond motifs is 3. The van der Waals surface area contributed by atoms with E-state index in [1.165, 1.54) is 21.4 Å². The van der Waals surface area contributed by atoms with E-state index in [0.29, 0.717) is 10.9 Å². The van der Waals surface area contributed by atoms with Gasteiger partial charge < -0.3 is 10.6 Å².